The van der Waals surface area contributed by atoms with Gasteiger partial charge < -0.3 is 4.74 Å². The van der Waals surface area contributed by atoms with Crippen LogP contribution in [0.5, 0.6) is 5.75 Å². The summed E-state index contributed by atoms with van der Waals surface area (Å²) in [5.41, 5.74) is 3.66. The lowest BCUT2D eigenvalue weighted by molar-refractivity contribution is 0.0955. The summed E-state index contributed by atoms with van der Waals surface area (Å²) in [7, 11) is 0. The number of nitrogens with one attached hydrogen (secondary N) is 1. The summed E-state index contributed by atoms with van der Waals surface area (Å²) < 4.78 is 5.34. The second-order valence-corrected chi connectivity index (χ2v) is 5.14. The Hall–Kier alpha value is -2.04. The molecule has 2 aromatic rings. The maximum absolute atomic E-state index is 11.9. The Labute approximate surface area is 138 Å². The fourth-order valence-corrected chi connectivity index (χ4v) is 1.98. The van der Waals surface area contributed by atoms with Gasteiger partial charge in [-0.3, -0.25) is 4.79 Å². The number of halogens is 2. The van der Waals surface area contributed by atoms with Crippen molar-refractivity contribution in [2.75, 3.05) is 6.61 Å². The molecule has 0 saturated carbocycles. The Kier molecular flexibility index (Phi) is 5.81. The Balaban J connectivity index is 1.96. The third-order valence-corrected chi connectivity index (χ3v) is 3.49. The van der Waals surface area contributed by atoms with E-state index in [4.69, 9.17) is 27.9 Å². The molecule has 0 unspecified atom stereocenters. The molecule has 0 fully saturated rings. The summed E-state index contributed by atoms with van der Waals surface area (Å²) in [6, 6.07) is 12.0. The fraction of sp³-hybridized carbons (Fsp3) is 0.125. The Morgan fingerprint density at radius 2 is 1.91 bits per heavy atom. The summed E-state index contributed by atoms with van der Waals surface area (Å²) >= 11 is 11.7. The highest BCUT2D eigenvalue weighted by molar-refractivity contribution is 6.42. The van der Waals surface area contributed by atoms with E-state index >= 15 is 0 Å². The number of nitrogens with zero attached hydrogens (tertiary/aromatic N) is 1. The normalized spacial score (nSPS) is 10.7. The molecule has 0 saturated heterocycles. The van der Waals surface area contributed by atoms with Crippen LogP contribution in [0, 0.1) is 0 Å². The first kappa shape index (κ1) is 16.3. The molecule has 0 bridgehead atoms. The highest BCUT2D eigenvalue weighted by atomic mass is 35.5. The first-order chi connectivity index (χ1) is 10.6. The van der Waals surface area contributed by atoms with Crippen LogP contribution in [0.15, 0.2) is 47.6 Å². The van der Waals surface area contributed by atoms with E-state index in [2.05, 4.69) is 10.5 Å². The lowest BCUT2D eigenvalue weighted by atomic mass is 10.2. The second-order valence-electron chi connectivity index (χ2n) is 4.33. The standard InChI is InChI=1S/C16H14Cl2N2O2/c1-2-22-13-6-3-11(4-7-13)10-19-20-16(21)12-5-8-14(17)15(18)9-12/h3-10H,2H2,1H3,(H,20,21). The molecule has 2 rings (SSSR count). The average Bonchev–Trinajstić information content (AvgIpc) is 2.52. The summed E-state index contributed by atoms with van der Waals surface area (Å²) in [6.45, 7) is 2.54. The summed E-state index contributed by atoms with van der Waals surface area (Å²) in [5.74, 6) is 0.431. The van der Waals surface area contributed by atoms with Crippen LogP contribution in [0.4, 0.5) is 0 Å². The molecule has 0 aromatic heterocycles. The molecule has 0 aliphatic carbocycles. The maximum Gasteiger partial charge on any atom is 0.271 e. The second kappa shape index (κ2) is 7.82. The van der Waals surface area contributed by atoms with Gasteiger partial charge in [-0.2, -0.15) is 5.10 Å². The van der Waals surface area contributed by atoms with Gasteiger partial charge in [0.25, 0.3) is 5.91 Å². The van der Waals surface area contributed by atoms with Crippen LogP contribution >= 0.6 is 23.2 Å². The van der Waals surface area contributed by atoms with Crippen LogP contribution in [0.25, 0.3) is 0 Å². The Bertz CT molecular complexity index is 685. The minimum Gasteiger partial charge on any atom is -0.494 e. The van der Waals surface area contributed by atoms with Crippen molar-refractivity contribution in [1.29, 1.82) is 0 Å². The van der Waals surface area contributed by atoms with Gasteiger partial charge >= 0.3 is 0 Å². The SMILES string of the molecule is CCOc1ccc(C=NNC(=O)c2ccc(Cl)c(Cl)c2)cc1. The van der Waals surface area contributed by atoms with Gasteiger partial charge in [0.1, 0.15) is 5.75 Å². The zero-order chi connectivity index (χ0) is 15.9. The molecule has 2 aromatic carbocycles. The molecule has 6 heteroatoms. The van der Waals surface area contributed by atoms with Crippen molar-refractivity contribution in [2.45, 2.75) is 6.92 Å². The lowest BCUT2D eigenvalue weighted by Crippen LogP contribution is -2.17. The van der Waals surface area contributed by atoms with Gasteiger partial charge in [0.05, 0.1) is 22.9 Å². The molecule has 0 aliphatic rings. The third kappa shape index (κ3) is 4.48. The molecule has 0 spiro atoms. The van der Waals surface area contributed by atoms with Crippen molar-refractivity contribution in [3.8, 4) is 5.75 Å². The highest BCUT2D eigenvalue weighted by Crippen LogP contribution is 2.22. The predicted molar refractivity (Wildman–Crippen MR) is 89.1 cm³/mol. The highest BCUT2D eigenvalue weighted by Gasteiger charge is 2.06. The number of carbonyl (C=O) groups is 1. The number of carbonyl (C=O) groups excluding carboxylic acids is 1. The minimum absolute atomic E-state index is 0.324. The molecular weight excluding hydrogens is 323 g/mol. The van der Waals surface area contributed by atoms with Crippen molar-refractivity contribution >= 4 is 35.3 Å². The molecular formula is C16H14Cl2N2O2. The van der Waals surface area contributed by atoms with E-state index < -0.39 is 0 Å². The van der Waals surface area contributed by atoms with E-state index in [1.807, 2.05) is 31.2 Å². The number of benzene rings is 2. The largest absolute Gasteiger partial charge is 0.494 e. The number of hydrazone groups is 1. The lowest BCUT2D eigenvalue weighted by Gasteiger charge is -2.03. The quantitative estimate of drug-likeness (QED) is 0.658. The average molecular weight is 337 g/mol. The molecule has 0 aliphatic heterocycles. The molecule has 22 heavy (non-hydrogen) atoms. The van der Waals surface area contributed by atoms with Gasteiger partial charge in [0, 0.05) is 5.56 Å². The van der Waals surface area contributed by atoms with E-state index in [0.717, 1.165) is 11.3 Å². The first-order valence-corrected chi connectivity index (χ1v) is 7.37. The zero-order valence-corrected chi connectivity index (χ0v) is 13.4. The monoisotopic (exact) mass is 336 g/mol. The molecule has 1 amide bonds. The minimum atomic E-state index is -0.360. The number of ether oxygens (including phenoxy) is 1. The zero-order valence-electron chi connectivity index (χ0n) is 11.8. The van der Waals surface area contributed by atoms with E-state index in [9.17, 15) is 4.79 Å². The number of rotatable bonds is 5. The van der Waals surface area contributed by atoms with Crippen molar-refractivity contribution in [2.24, 2.45) is 5.10 Å². The van der Waals surface area contributed by atoms with Gasteiger partial charge in [-0.25, -0.2) is 5.43 Å². The summed E-state index contributed by atoms with van der Waals surface area (Å²) in [6.07, 6.45) is 1.55. The van der Waals surface area contributed by atoms with Crippen LogP contribution < -0.4 is 10.2 Å². The van der Waals surface area contributed by atoms with Crippen molar-refractivity contribution in [3.05, 3.63) is 63.6 Å². The van der Waals surface area contributed by atoms with Crippen molar-refractivity contribution < 1.29 is 9.53 Å². The maximum atomic E-state index is 11.9. The van der Waals surface area contributed by atoms with Crippen LogP contribution in [0.3, 0.4) is 0 Å². The third-order valence-electron chi connectivity index (χ3n) is 2.75. The van der Waals surface area contributed by atoms with E-state index in [0.29, 0.717) is 22.2 Å². The number of hydrogen-bond acceptors (Lipinski definition) is 3. The molecule has 1 N–H and O–H groups in total. The molecule has 114 valence electrons. The Morgan fingerprint density at radius 3 is 2.55 bits per heavy atom. The smallest absolute Gasteiger partial charge is 0.271 e. The van der Waals surface area contributed by atoms with Crippen molar-refractivity contribution in [3.63, 3.8) is 0 Å². The van der Waals surface area contributed by atoms with Gasteiger partial charge in [-0.1, -0.05) is 23.2 Å². The number of amides is 1. The van der Waals surface area contributed by atoms with Crippen LogP contribution in [0.2, 0.25) is 10.0 Å². The number of hydrogen-bond donors (Lipinski definition) is 1. The van der Waals surface area contributed by atoms with Crippen LogP contribution in [-0.2, 0) is 0 Å². The predicted octanol–water partition coefficient (Wildman–Crippen LogP) is 4.16. The van der Waals surface area contributed by atoms with Gasteiger partial charge in [-0.15, -0.1) is 0 Å². The first-order valence-electron chi connectivity index (χ1n) is 6.61. The van der Waals surface area contributed by atoms with Crippen LogP contribution in [0.1, 0.15) is 22.8 Å². The van der Waals surface area contributed by atoms with E-state index in [1.165, 1.54) is 6.07 Å². The fourth-order valence-electron chi connectivity index (χ4n) is 1.68. The molecule has 0 heterocycles. The van der Waals surface area contributed by atoms with Gasteiger partial charge in [0.15, 0.2) is 0 Å². The summed E-state index contributed by atoms with van der Waals surface area (Å²) in [5, 5.41) is 4.63. The Morgan fingerprint density at radius 1 is 1.18 bits per heavy atom. The van der Waals surface area contributed by atoms with Gasteiger partial charge in [0.2, 0.25) is 0 Å². The van der Waals surface area contributed by atoms with Crippen LogP contribution in [-0.4, -0.2) is 18.7 Å². The van der Waals surface area contributed by atoms with E-state index in [1.54, 1.807) is 18.3 Å². The summed E-state index contributed by atoms with van der Waals surface area (Å²) in [4.78, 5) is 11.9. The molecule has 4 nitrogen and oxygen atoms in total. The van der Waals surface area contributed by atoms with Gasteiger partial charge in [-0.05, 0) is 55.0 Å². The molecule has 0 atom stereocenters. The van der Waals surface area contributed by atoms with Crippen molar-refractivity contribution in [1.82, 2.24) is 5.43 Å². The van der Waals surface area contributed by atoms with E-state index in [-0.39, 0.29) is 5.91 Å². The topological polar surface area (TPSA) is 50.7 Å². The molecule has 0 radical (unpaired) electrons.